The van der Waals surface area contributed by atoms with Crippen molar-refractivity contribution >= 4 is 17.6 Å². The molecule has 0 fully saturated rings. The molecule has 20 heavy (non-hydrogen) atoms. The van der Waals surface area contributed by atoms with Gasteiger partial charge in [0.25, 0.3) is 5.56 Å². The minimum absolute atomic E-state index is 0.181. The fraction of sp³-hybridized carbons (Fsp3) is 0.214. The summed E-state index contributed by atoms with van der Waals surface area (Å²) in [5.74, 6) is -0.589. The van der Waals surface area contributed by atoms with Crippen LogP contribution in [-0.2, 0) is 17.6 Å². The molecule has 2 N–H and O–H groups in total. The topological polar surface area (TPSA) is 83.0 Å². The van der Waals surface area contributed by atoms with Gasteiger partial charge in [0.05, 0.1) is 6.42 Å². The van der Waals surface area contributed by atoms with E-state index in [1.54, 1.807) is 13.0 Å². The summed E-state index contributed by atoms with van der Waals surface area (Å²) in [6, 6.07) is 7.29. The smallest absolute Gasteiger partial charge is 0.308 e. The summed E-state index contributed by atoms with van der Waals surface area (Å²) >= 11 is 6.06. The van der Waals surface area contributed by atoms with Gasteiger partial charge in [0.15, 0.2) is 0 Å². The van der Waals surface area contributed by atoms with Crippen molar-refractivity contribution in [2.45, 2.75) is 19.8 Å². The lowest BCUT2D eigenvalue weighted by atomic mass is 10.1. The lowest BCUT2D eigenvalue weighted by molar-refractivity contribution is -0.136. The van der Waals surface area contributed by atoms with Crippen molar-refractivity contribution in [2.24, 2.45) is 0 Å². The second-order valence-electron chi connectivity index (χ2n) is 4.42. The van der Waals surface area contributed by atoms with Crippen molar-refractivity contribution in [3.63, 3.8) is 0 Å². The molecule has 0 bridgehead atoms. The van der Waals surface area contributed by atoms with E-state index in [0.717, 1.165) is 5.56 Å². The summed E-state index contributed by atoms with van der Waals surface area (Å²) in [7, 11) is 0. The van der Waals surface area contributed by atoms with Crippen LogP contribution in [0, 0.1) is 6.92 Å². The highest BCUT2D eigenvalue weighted by atomic mass is 35.5. The SMILES string of the molecule is Cc1nc(Cc2ccccc2Cl)[nH]c(=O)c1CC(=O)O. The summed E-state index contributed by atoms with van der Waals surface area (Å²) in [5, 5.41) is 9.36. The van der Waals surface area contributed by atoms with Crippen LogP contribution in [0.4, 0.5) is 0 Å². The Morgan fingerprint density at radius 1 is 1.40 bits per heavy atom. The zero-order valence-electron chi connectivity index (χ0n) is 10.8. The second-order valence-corrected chi connectivity index (χ2v) is 4.82. The number of aryl methyl sites for hydroxylation is 1. The number of nitrogens with zero attached hydrogens (tertiary/aromatic N) is 1. The third-order valence-corrected chi connectivity index (χ3v) is 3.28. The van der Waals surface area contributed by atoms with E-state index in [4.69, 9.17) is 16.7 Å². The van der Waals surface area contributed by atoms with Crippen molar-refractivity contribution < 1.29 is 9.90 Å². The number of H-pyrrole nitrogens is 1. The summed E-state index contributed by atoms with van der Waals surface area (Å²) in [6.07, 6.45) is 0.0592. The molecular weight excluding hydrogens is 280 g/mol. The fourth-order valence-corrected chi connectivity index (χ4v) is 2.14. The van der Waals surface area contributed by atoms with Crippen LogP contribution in [0.3, 0.4) is 0 Å². The zero-order chi connectivity index (χ0) is 14.7. The van der Waals surface area contributed by atoms with E-state index in [2.05, 4.69) is 9.97 Å². The Morgan fingerprint density at radius 2 is 2.10 bits per heavy atom. The molecule has 5 nitrogen and oxygen atoms in total. The molecule has 0 spiro atoms. The number of rotatable bonds is 4. The van der Waals surface area contributed by atoms with Crippen molar-refractivity contribution in [1.29, 1.82) is 0 Å². The van der Waals surface area contributed by atoms with E-state index in [0.29, 0.717) is 23.0 Å². The monoisotopic (exact) mass is 292 g/mol. The van der Waals surface area contributed by atoms with Gasteiger partial charge in [0, 0.05) is 22.7 Å². The largest absolute Gasteiger partial charge is 0.481 e. The molecule has 2 aromatic rings. The number of aromatic amines is 1. The minimum Gasteiger partial charge on any atom is -0.481 e. The summed E-state index contributed by atoms with van der Waals surface area (Å²) < 4.78 is 0. The Kier molecular flexibility index (Phi) is 4.20. The summed E-state index contributed by atoms with van der Waals surface area (Å²) in [5.41, 5.74) is 1.04. The number of hydrogen-bond acceptors (Lipinski definition) is 3. The number of aliphatic carboxylic acids is 1. The quantitative estimate of drug-likeness (QED) is 0.902. The number of hydrogen-bond donors (Lipinski definition) is 2. The second kappa shape index (κ2) is 5.88. The number of carboxylic acid groups (broad SMARTS) is 1. The molecule has 1 aromatic heterocycles. The molecule has 0 unspecified atom stereocenters. The highest BCUT2D eigenvalue weighted by Gasteiger charge is 2.12. The van der Waals surface area contributed by atoms with Crippen LogP contribution in [0.15, 0.2) is 29.1 Å². The lowest BCUT2D eigenvalue weighted by Gasteiger charge is -2.07. The van der Waals surface area contributed by atoms with Crippen LogP contribution in [0.2, 0.25) is 5.02 Å². The van der Waals surface area contributed by atoms with Crippen molar-refractivity contribution in [3.8, 4) is 0 Å². The molecule has 0 saturated carbocycles. The van der Waals surface area contributed by atoms with Gasteiger partial charge in [-0.1, -0.05) is 29.8 Å². The lowest BCUT2D eigenvalue weighted by Crippen LogP contribution is -2.21. The maximum absolute atomic E-state index is 11.9. The van der Waals surface area contributed by atoms with Gasteiger partial charge in [0.1, 0.15) is 5.82 Å². The molecule has 1 heterocycles. The van der Waals surface area contributed by atoms with E-state index >= 15 is 0 Å². The van der Waals surface area contributed by atoms with Crippen LogP contribution >= 0.6 is 11.6 Å². The summed E-state index contributed by atoms with van der Waals surface area (Å²) in [4.78, 5) is 29.4. The number of carboxylic acids is 1. The highest BCUT2D eigenvalue weighted by molar-refractivity contribution is 6.31. The van der Waals surface area contributed by atoms with Gasteiger partial charge < -0.3 is 10.1 Å². The Bertz CT molecular complexity index is 710. The first-order valence-corrected chi connectivity index (χ1v) is 6.39. The standard InChI is InChI=1S/C14H13ClN2O3/c1-8-10(7-13(18)19)14(20)17-12(16-8)6-9-4-2-3-5-11(9)15/h2-5H,6-7H2,1H3,(H,18,19)(H,16,17,20). The highest BCUT2D eigenvalue weighted by Crippen LogP contribution is 2.17. The molecule has 6 heteroatoms. The van der Waals surface area contributed by atoms with Gasteiger partial charge in [-0.3, -0.25) is 9.59 Å². The van der Waals surface area contributed by atoms with Gasteiger partial charge >= 0.3 is 5.97 Å². The average Bonchev–Trinajstić information content (AvgIpc) is 2.36. The molecule has 2 rings (SSSR count). The molecule has 1 aromatic carbocycles. The Balaban J connectivity index is 2.34. The van der Waals surface area contributed by atoms with Crippen molar-refractivity contribution in [1.82, 2.24) is 9.97 Å². The van der Waals surface area contributed by atoms with Crippen LogP contribution < -0.4 is 5.56 Å². The third-order valence-electron chi connectivity index (χ3n) is 2.92. The molecule has 0 atom stereocenters. The van der Waals surface area contributed by atoms with E-state index < -0.39 is 11.5 Å². The van der Waals surface area contributed by atoms with Gasteiger partial charge in [-0.25, -0.2) is 4.98 Å². The van der Waals surface area contributed by atoms with E-state index in [9.17, 15) is 9.59 Å². The van der Waals surface area contributed by atoms with Crippen molar-refractivity contribution in [2.75, 3.05) is 0 Å². The molecule has 0 aliphatic carbocycles. The Hall–Kier alpha value is -2.14. The zero-order valence-corrected chi connectivity index (χ0v) is 11.6. The molecule has 0 amide bonds. The maximum Gasteiger partial charge on any atom is 0.308 e. The number of benzene rings is 1. The minimum atomic E-state index is -1.06. The number of aromatic nitrogens is 2. The predicted octanol–water partition coefficient (Wildman–Crippen LogP) is 1.95. The van der Waals surface area contributed by atoms with Gasteiger partial charge in [-0.05, 0) is 18.6 Å². The van der Waals surface area contributed by atoms with Gasteiger partial charge in [-0.2, -0.15) is 0 Å². The van der Waals surface area contributed by atoms with E-state index in [1.807, 2.05) is 18.2 Å². The van der Waals surface area contributed by atoms with E-state index in [-0.39, 0.29) is 12.0 Å². The molecule has 0 saturated heterocycles. The van der Waals surface area contributed by atoms with Crippen LogP contribution in [0.5, 0.6) is 0 Å². The average molecular weight is 293 g/mol. The third kappa shape index (κ3) is 3.24. The molecule has 104 valence electrons. The first-order valence-electron chi connectivity index (χ1n) is 6.01. The first kappa shape index (κ1) is 14.3. The predicted molar refractivity (Wildman–Crippen MR) is 75.2 cm³/mol. The van der Waals surface area contributed by atoms with Gasteiger partial charge in [-0.15, -0.1) is 0 Å². The number of carbonyl (C=O) groups is 1. The van der Waals surface area contributed by atoms with Crippen LogP contribution in [-0.4, -0.2) is 21.0 Å². The Labute approximate surface area is 120 Å². The Morgan fingerprint density at radius 3 is 2.70 bits per heavy atom. The molecule has 0 radical (unpaired) electrons. The molecule has 0 aliphatic heterocycles. The molecule has 0 aliphatic rings. The van der Waals surface area contributed by atoms with Gasteiger partial charge in [0.2, 0.25) is 0 Å². The van der Waals surface area contributed by atoms with Crippen LogP contribution in [0.25, 0.3) is 0 Å². The van der Waals surface area contributed by atoms with Crippen LogP contribution in [0.1, 0.15) is 22.6 Å². The molecular formula is C14H13ClN2O3. The number of nitrogens with one attached hydrogen (secondary N) is 1. The van der Waals surface area contributed by atoms with Crippen molar-refractivity contribution in [3.05, 3.63) is 62.3 Å². The first-order chi connectivity index (χ1) is 9.47. The number of halogens is 1. The maximum atomic E-state index is 11.9. The fourth-order valence-electron chi connectivity index (χ4n) is 1.93. The normalized spacial score (nSPS) is 10.5. The summed E-state index contributed by atoms with van der Waals surface area (Å²) in [6.45, 7) is 1.63. The van der Waals surface area contributed by atoms with E-state index in [1.165, 1.54) is 0 Å².